The number of hydrogen-bond acceptors (Lipinski definition) is 5. The van der Waals surface area contributed by atoms with Crippen molar-refractivity contribution in [2.75, 3.05) is 11.9 Å². The number of ether oxygens (including phenoxy) is 1. The van der Waals surface area contributed by atoms with Gasteiger partial charge in [0.1, 0.15) is 6.17 Å². The molecule has 1 aliphatic heterocycles. The highest BCUT2D eigenvalue weighted by molar-refractivity contribution is 6.02. The Labute approximate surface area is 133 Å². The van der Waals surface area contributed by atoms with E-state index < -0.39 is 12.3 Å². The minimum absolute atomic E-state index is 0.218. The first-order chi connectivity index (χ1) is 11.2. The van der Waals surface area contributed by atoms with Gasteiger partial charge in [0.25, 0.3) is 5.91 Å². The van der Waals surface area contributed by atoms with Gasteiger partial charge in [0.2, 0.25) is 0 Å². The predicted molar refractivity (Wildman–Crippen MR) is 83.4 cm³/mol. The normalized spacial score (nSPS) is 16.3. The first-order valence-electron chi connectivity index (χ1n) is 7.23. The van der Waals surface area contributed by atoms with Crippen molar-refractivity contribution >= 4 is 17.7 Å². The Kier molecular flexibility index (Phi) is 4.09. The summed E-state index contributed by atoms with van der Waals surface area (Å²) in [5.74, 6) is -0.318. The number of hydrogen-bond donors (Lipinski definition) is 2. The lowest BCUT2D eigenvalue weighted by atomic mass is 10.1. The fraction of sp³-hybridized carbons (Fsp3) is 0.188. The number of benzene rings is 1. The predicted octanol–water partition coefficient (Wildman–Crippen LogP) is 2.31. The highest BCUT2D eigenvalue weighted by Crippen LogP contribution is 2.31. The molecule has 0 saturated heterocycles. The summed E-state index contributed by atoms with van der Waals surface area (Å²) in [4.78, 5) is 28.6. The molecule has 7 heteroatoms. The van der Waals surface area contributed by atoms with Gasteiger partial charge in [-0.25, -0.2) is 15.2 Å². The smallest absolute Gasteiger partial charge is 0.426 e. The number of pyridine rings is 1. The van der Waals surface area contributed by atoms with E-state index in [1.165, 1.54) is 5.01 Å². The Hall–Kier alpha value is -3.09. The summed E-state index contributed by atoms with van der Waals surface area (Å²) in [5.41, 5.74) is 4.41. The lowest BCUT2D eigenvalue weighted by Gasteiger charge is -2.37. The van der Waals surface area contributed by atoms with Crippen LogP contribution in [0.25, 0.3) is 0 Å². The van der Waals surface area contributed by atoms with Crippen LogP contribution in [-0.4, -0.2) is 28.6 Å². The standard InChI is InChI=1S/C16H16N4O3/c1-2-23-16(22)19-20-14(11-6-5-9-17-10-11)18-13-8-4-3-7-12(13)15(20)21/h3-10,14,18H,2H2,1H3,(H,19,22)/t14-/m1/s1. The Morgan fingerprint density at radius 3 is 2.91 bits per heavy atom. The Morgan fingerprint density at radius 2 is 2.17 bits per heavy atom. The van der Waals surface area contributed by atoms with Gasteiger partial charge in [0.05, 0.1) is 12.2 Å². The average molecular weight is 312 g/mol. The van der Waals surface area contributed by atoms with Gasteiger partial charge in [-0.1, -0.05) is 18.2 Å². The van der Waals surface area contributed by atoms with Gasteiger partial charge in [-0.15, -0.1) is 0 Å². The summed E-state index contributed by atoms with van der Waals surface area (Å²) < 4.78 is 4.88. The van der Waals surface area contributed by atoms with Gasteiger partial charge in [-0.3, -0.25) is 9.78 Å². The number of carbonyl (C=O) groups is 2. The number of fused-ring (bicyclic) bond motifs is 1. The van der Waals surface area contributed by atoms with Crippen molar-refractivity contribution in [1.82, 2.24) is 15.4 Å². The van der Waals surface area contributed by atoms with Crippen molar-refractivity contribution in [3.05, 3.63) is 59.9 Å². The average Bonchev–Trinajstić information content (AvgIpc) is 2.58. The maximum Gasteiger partial charge on any atom is 0.426 e. The van der Waals surface area contributed by atoms with Gasteiger partial charge in [-0.05, 0) is 25.1 Å². The van der Waals surface area contributed by atoms with Crippen LogP contribution in [0.2, 0.25) is 0 Å². The second-order valence-corrected chi connectivity index (χ2v) is 4.89. The Balaban J connectivity index is 1.97. The third kappa shape index (κ3) is 2.94. The van der Waals surface area contributed by atoms with Gasteiger partial charge >= 0.3 is 6.09 Å². The van der Waals surface area contributed by atoms with Crippen LogP contribution in [-0.2, 0) is 4.74 Å². The molecule has 0 unspecified atom stereocenters. The number of carbonyl (C=O) groups excluding carboxylic acids is 2. The molecule has 1 aliphatic rings. The monoisotopic (exact) mass is 312 g/mol. The van der Waals surface area contributed by atoms with Crippen LogP contribution >= 0.6 is 0 Å². The maximum absolute atomic E-state index is 12.7. The zero-order valence-corrected chi connectivity index (χ0v) is 12.5. The molecule has 2 aromatic rings. The van der Waals surface area contributed by atoms with Gasteiger partial charge in [0.15, 0.2) is 0 Å². The minimum atomic E-state index is -0.684. The van der Waals surface area contributed by atoms with E-state index in [1.807, 2.05) is 18.2 Å². The highest BCUT2D eigenvalue weighted by Gasteiger charge is 2.34. The first kappa shape index (κ1) is 14.8. The molecule has 0 aliphatic carbocycles. The topological polar surface area (TPSA) is 83.6 Å². The number of hydrazine groups is 1. The molecule has 2 amide bonds. The number of anilines is 1. The maximum atomic E-state index is 12.7. The van der Waals surface area contributed by atoms with Gasteiger partial charge in [0, 0.05) is 23.6 Å². The number of nitrogens with zero attached hydrogens (tertiary/aromatic N) is 2. The first-order valence-corrected chi connectivity index (χ1v) is 7.23. The van der Waals surface area contributed by atoms with Crippen LogP contribution in [0.15, 0.2) is 48.8 Å². The van der Waals surface area contributed by atoms with E-state index in [0.717, 1.165) is 5.56 Å². The molecule has 23 heavy (non-hydrogen) atoms. The van der Waals surface area contributed by atoms with E-state index in [-0.39, 0.29) is 12.5 Å². The van der Waals surface area contributed by atoms with Crippen molar-refractivity contribution in [2.45, 2.75) is 13.1 Å². The molecule has 7 nitrogen and oxygen atoms in total. The molecule has 0 bridgehead atoms. The van der Waals surface area contributed by atoms with Crippen LogP contribution in [0.1, 0.15) is 29.0 Å². The largest absolute Gasteiger partial charge is 0.449 e. The van der Waals surface area contributed by atoms with Crippen molar-refractivity contribution in [3.8, 4) is 0 Å². The summed E-state index contributed by atoms with van der Waals surface area (Å²) in [7, 11) is 0. The van der Waals surface area contributed by atoms with Crippen LogP contribution in [0, 0.1) is 0 Å². The van der Waals surface area contributed by atoms with Crippen molar-refractivity contribution in [3.63, 3.8) is 0 Å². The summed E-state index contributed by atoms with van der Waals surface area (Å²) in [6.45, 7) is 1.92. The fourth-order valence-electron chi connectivity index (χ4n) is 2.40. The quantitative estimate of drug-likeness (QED) is 0.908. The third-order valence-corrected chi connectivity index (χ3v) is 3.41. The summed E-state index contributed by atoms with van der Waals surface area (Å²) >= 11 is 0. The van der Waals surface area contributed by atoms with Crippen molar-refractivity contribution in [1.29, 1.82) is 0 Å². The van der Waals surface area contributed by atoms with Crippen LogP contribution in [0.3, 0.4) is 0 Å². The van der Waals surface area contributed by atoms with E-state index >= 15 is 0 Å². The molecular formula is C16H16N4O3. The van der Waals surface area contributed by atoms with Crippen LogP contribution in [0.5, 0.6) is 0 Å². The zero-order chi connectivity index (χ0) is 16.2. The second kappa shape index (κ2) is 6.35. The van der Waals surface area contributed by atoms with Crippen molar-refractivity contribution in [2.24, 2.45) is 0 Å². The molecule has 118 valence electrons. The van der Waals surface area contributed by atoms with Crippen molar-refractivity contribution < 1.29 is 14.3 Å². The number of nitrogens with one attached hydrogen (secondary N) is 2. The molecule has 3 rings (SSSR count). The fourth-order valence-corrected chi connectivity index (χ4v) is 2.40. The van der Waals surface area contributed by atoms with E-state index in [4.69, 9.17) is 4.74 Å². The molecule has 2 N–H and O–H groups in total. The summed E-state index contributed by atoms with van der Waals surface area (Å²) in [6, 6.07) is 10.7. The van der Waals surface area contributed by atoms with E-state index in [0.29, 0.717) is 11.3 Å². The highest BCUT2D eigenvalue weighted by atomic mass is 16.6. The van der Waals surface area contributed by atoms with Gasteiger partial charge in [-0.2, -0.15) is 0 Å². The molecule has 0 saturated carbocycles. The van der Waals surface area contributed by atoms with E-state index in [9.17, 15) is 9.59 Å². The SMILES string of the molecule is CCOC(=O)NN1C(=O)c2ccccc2N[C@H]1c1cccnc1. The molecule has 1 aromatic carbocycles. The summed E-state index contributed by atoms with van der Waals surface area (Å²) in [5, 5.41) is 4.46. The van der Waals surface area contributed by atoms with Gasteiger partial charge < -0.3 is 10.1 Å². The molecule has 1 atom stereocenters. The number of aromatic nitrogens is 1. The Bertz CT molecular complexity index is 720. The molecule has 0 radical (unpaired) electrons. The van der Waals surface area contributed by atoms with Crippen LogP contribution < -0.4 is 10.7 Å². The molecular weight excluding hydrogens is 296 g/mol. The lowest BCUT2D eigenvalue weighted by Crippen LogP contribution is -2.53. The Morgan fingerprint density at radius 1 is 1.35 bits per heavy atom. The van der Waals surface area contributed by atoms with Crippen LogP contribution in [0.4, 0.5) is 10.5 Å². The minimum Gasteiger partial charge on any atom is -0.449 e. The lowest BCUT2D eigenvalue weighted by molar-refractivity contribution is 0.0506. The number of amides is 2. The number of para-hydroxylation sites is 1. The molecule has 0 fully saturated rings. The molecule has 2 heterocycles. The third-order valence-electron chi connectivity index (χ3n) is 3.41. The number of rotatable bonds is 3. The van der Waals surface area contributed by atoms with E-state index in [1.54, 1.807) is 37.5 Å². The summed E-state index contributed by atoms with van der Waals surface area (Å²) in [6.07, 6.45) is 2.02. The van der Waals surface area contributed by atoms with E-state index in [2.05, 4.69) is 15.7 Å². The molecule has 0 spiro atoms. The zero-order valence-electron chi connectivity index (χ0n) is 12.5. The second-order valence-electron chi connectivity index (χ2n) is 4.89. The molecule has 1 aromatic heterocycles.